The Bertz CT molecular complexity index is 6230. The number of benzene rings is 16. The second-order valence-electron chi connectivity index (χ2n) is 27.4. The van der Waals surface area contributed by atoms with Gasteiger partial charge in [-0.15, -0.1) is 22.7 Å². The van der Waals surface area contributed by atoms with Crippen LogP contribution in [0.4, 0.5) is 17.1 Å². The van der Waals surface area contributed by atoms with E-state index in [-0.39, 0.29) is 5.41 Å². The lowest BCUT2D eigenvalue weighted by Crippen LogP contribution is -2.26. The lowest BCUT2D eigenvalue weighted by molar-refractivity contribution is 0.792. The number of hydrogen-bond donors (Lipinski definition) is 0. The third-order valence-electron chi connectivity index (χ3n) is 22.0. The monoisotopic (exact) mass is 1410 g/mol. The van der Waals surface area contributed by atoms with E-state index >= 15 is 0 Å². The quantitative estimate of drug-likeness (QED) is 0.154. The highest BCUT2D eigenvalue weighted by atomic mass is 79.9. The van der Waals surface area contributed by atoms with Crippen molar-refractivity contribution in [2.24, 2.45) is 0 Å². The Kier molecular flexibility index (Phi) is 14.7. The highest BCUT2D eigenvalue weighted by Gasteiger charge is 2.53. The van der Waals surface area contributed by atoms with Crippen molar-refractivity contribution < 1.29 is 0 Å². The van der Waals surface area contributed by atoms with Crippen LogP contribution in [-0.2, 0) is 17.3 Å². The number of hydrogen-bond acceptors (Lipinski definition) is 3. The molecule has 16 aromatic carbocycles. The molecule has 0 amide bonds. The molecule has 0 atom stereocenters. The van der Waals surface area contributed by atoms with Crippen LogP contribution < -0.4 is 4.90 Å². The van der Waals surface area contributed by atoms with Crippen molar-refractivity contribution in [1.82, 2.24) is 0 Å². The maximum atomic E-state index is 3.51. The fourth-order valence-corrected chi connectivity index (χ4v) is 20.1. The van der Waals surface area contributed by atoms with E-state index in [0.29, 0.717) is 0 Å². The van der Waals surface area contributed by atoms with E-state index in [1.54, 1.807) is 0 Å². The zero-order chi connectivity index (χ0) is 68.2. The van der Waals surface area contributed by atoms with Gasteiger partial charge in [0.1, 0.15) is 0 Å². The van der Waals surface area contributed by atoms with Crippen molar-refractivity contribution in [3.05, 3.63) is 436 Å². The van der Waals surface area contributed by atoms with E-state index in [9.17, 15) is 0 Å². The minimum atomic E-state index is -0.397. The molecule has 484 valence electrons. The minimum absolute atomic E-state index is 0.272. The van der Waals surface area contributed by atoms with Gasteiger partial charge in [-0.3, -0.25) is 0 Å². The van der Waals surface area contributed by atoms with Gasteiger partial charge in [0, 0.05) is 61.9 Å². The SMILES string of the molecule is Brc1ccc2sc3ccccc3c2c1.c1ccc(-c2ccc(Cc3ccc4c(c3)C3(c5ccccc5-c5ccccc53)c3ccccc3-4)cc2)cc1.c1ccc(-c2ccc(N(c3ccc4c(c3)C3(c5ccccc5-c5ccccc53)c3ccccc3-4)c3ccc4sc5ccccc5c4c3)cc2)cc1. The van der Waals surface area contributed by atoms with Gasteiger partial charge in [-0.25, -0.2) is 0 Å². The van der Waals surface area contributed by atoms with Gasteiger partial charge in [-0.1, -0.05) is 319 Å². The van der Waals surface area contributed by atoms with Crippen LogP contribution in [-0.4, -0.2) is 0 Å². The lowest BCUT2D eigenvalue weighted by Gasteiger charge is -2.32. The molecule has 0 bridgehead atoms. The topological polar surface area (TPSA) is 3.24 Å². The normalized spacial score (nSPS) is 13.1. The van der Waals surface area contributed by atoms with E-state index in [0.717, 1.165) is 28.0 Å². The summed E-state index contributed by atoms with van der Waals surface area (Å²) < 4.78 is 6.49. The number of rotatable bonds is 7. The molecule has 2 spiro atoms. The average Bonchev–Trinajstić information content (AvgIpc) is 1.52. The third-order valence-corrected chi connectivity index (χ3v) is 24.8. The van der Waals surface area contributed by atoms with Crippen LogP contribution in [0.3, 0.4) is 0 Å². The highest BCUT2D eigenvalue weighted by molar-refractivity contribution is 9.10. The first-order chi connectivity index (χ1) is 51.0. The standard InChI is InChI=1S/C49H31NS.C38H26.C12H7BrS/c1-2-12-32(13-3-1)33-22-24-34(25-23-33)50(35-27-29-48-42(30-35)41-17-7-11-21-47(41)51-48)36-26-28-40-39-16-6-10-20-45(39)49(46(40)31-36)43-18-8-4-14-37(43)38-15-5-9-19-44(38)49;1-2-10-28(11-3-1)29-21-18-26(19-22-29)24-27-20-23-33-32-14-6-9-17-36(32)38(37(33)25-27)34-15-7-4-12-30(34)31-13-5-8-16-35(31)38;13-8-5-6-12-10(7-8)9-3-1-2-4-11(9)14-12/h1-31H;1-23,25H,24H2;1-7H. The van der Waals surface area contributed by atoms with E-state index in [2.05, 4.69) is 397 Å². The Morgan fingerprint density at radius 3 is 1.02 bits per heavy atom. The van der Waals surface area contributed by atoms with Crippen LogP contribution >= 0.6 is 38.6 Å². The van der Waals surface area contributed by atoms with Gasteiger partial charge < -0.3 is 4.90 Å². The zero-order valence-electron chi connectivity index (χ0n) is 56.1. The van der Waals surface area contributed by atoms with Gasteiger partial charge >= 0.3 is 0 Å². The molecule has 4 aliphatic rings. The summed E-state index contributed by atoms with van der Waals surface area (Å²) in [5, 5.41) is 5.30. The van der Waals surface area contributed by atoms with Crippen molar-refractivity contribution in [1.29, 1.82) is 0 Å². The summed E-state index contributed by atoms with van der Waals surface area (Å²) in [5.74, 6) is 0. The maximum absolute atomic E-state index is 3.51. The Balaban J connectivity index is 0.000000119. The van der Waals surface area contributed by atoms with Gasteiger partial charge in [-0.05, 0) is 202 Å². The smallest absolute Gasteiger partial charge is 0.0726 e. The van der Waals surface area contributed by atoms with Gasteiger partial charge in [0.2, 0.25) is 0 Å². The molecule has 0 unspecified atom stereocenters. The number of anilines is 3. The van der Waals surface area contributed by atoms with Gasteiger partial charge in [-0.2, -0.15) is 0 Å². The van der Waals surface area contributed by atoms with Crippen molar-refractivity contribution >= 4 is 96.0 Å². The van der Waals surface area contributed by atoms with Crippen LogP contribution in [0, 0.1) is 0 Å². The molecule has 1 nitrogen and oxygen atoms in total. The molecular weight excluding hydrogens is 1350 g/mol. The molecule has 0 saturated heterocycles. The third kappa shape index (κ3) is 9.77. The first-order valence-electron chi connectivity index (χ1n) is 35.4. The molecule has 0 radical (unpaired) electrons. The highest BCUT2D eigenvalue weighted by Crippen LogP contribution is 2.65. The van der Waals surface area contributed by atoms with Crippen LogP contribution in [0.1, 0.15) is 55.6 Å². The Morgan fingerprint density at radius 2 is 0.544 bits per heavy atom. The van der Waals surface area contributed by atoms with Crippen LogP contribution in [0.2, 0.25) is 0 Å². The van der Waals surface area contributed by atoms with E-state index < -0.39 is 5.41 Å². The number of fused-ring (bicyclic) bond motifs is 26. The van der Waals surface area contributed by atoms with Gasteiger partial charge in [0.25, 0.3) is 0 Å². The van der Waals surface area contributed by atoms with Crippen molar-refractivity contribution in [3.8, 4) is 66.8 Å². The number of nitrogens with zero attached hydrogens (tertiary/aromatic N) is 1. The maximum Gasteiger partial charge on any atom is 0.0726 e. The summed E-state index contributed by atoms with van der Waals surface area (Å²) in [6.45, 7) is 0. The molecular formula is C99H64BrNS2. The number of halogens is 1. The fraction of sp³-hybridized carbons (Fsp3) is 0.0303. The molecule has 4 aliphatic carbocycles. The Labute approximate surface area is 616 Å². The van der Waals surface area contributed by atoms with Gasteiger partial charge in [0.15, 0.2) is 0 Å². The Morgan fingerprint density at radius 1 is 0.223 bits per heavy atom. The zero-order valence-corrected chi connectivity index (χ0v) is 59.4. The number of thiophene rings is 2. The molecule has 4 heteroatoms. The van der Waals surface area contributed by atoms with Crippen LogP contribution in [0.5, 0.6) is 0 Å². The molecule has 2 aromatic heterocycles. The Hall–Kier alpha value is -11.8. The summed E-state index contributed by atoms with van der Waals surface area (Å²) >= 11 is 7.22. The molecule has 0 aliphatic heterocycles. The molecule has 0 fully saturated rings. The first-order valence-corrected chi connectivity index (χ1v) is 37.8. The van der Waals surface area contributed by atoms with E-state index in [1.165, 1.54) is 163 Å². The minimum Gasteiger partial charge on any atom is -0.310 e. The predicted molar refractivity (Wildman–Crippen MR) is 440 cm³/mol. The summed E-state index contributed by atoms with van der Waals surface area (Å²) in [6.07, 6.45) is 0.915. The largest absolute Gasteiger partial charge is 0.310 e. The summed E-state index contributed by atoms with van der Waals surface area (Å²) in [5.41, 5.74) is 32.1. The molecule has 22 rings (SSSR count). The first kappa shape index (κ1) is 61.1. The molecule has 0 N–H and O–H groups in total. The van der Waals surface area contributed by atoms with E-state index in [4.69, 9.17) is 0 Å². The predicted octanol–water partition coefficient (Wildman–Crippen LogP) is 27.6. The molecule has 103 heavy (non-hydrogen) atoms. The van der Waals surface area contributed by atoms with Crippen LogP contribution in [0.15, 0.2) is 381 Å². The van der Waals surface area contributed by atoms with Gasteiger partial charge in [0.05, 0.1) is 10.8 Å². The summed E-state index contributed by atoms with van der Waals surface area (Å²) in [4.78, 5) is 2.45. The van der Waals surface area contributed by atoms with Crippen molar-refractivity contribution in [3.63, 3.8) is 0 Å². The molecule has 0 saturated carbocycles. The van der Waals surface area contributed by atoms with Crippen molar-refractivity contribution in [2.75, 3.05) is 4.90 Å². The van der Waals surface area contributed by atoms with E-state index in [1.807, 2.05) is 22.7 Å². The lowest BCUT2D eigenvalue weighted by atomic mass is 9.70. The average molecular weight is 1410 g/mol. The summed E-state index contributed by atoms with van der Waals surface area (Å²) in [6, 6.07) is 139. The van der Waals surface area contributed by atoms with Crippen molar-refractivity contribution in [2.45, 2.75) is 17.3 Å². The fourth-order valence-electron chi connectivity index (χ4n) is 17.6. The molecule has 2 heterocycles. The van der Waals surface area contributed by atoms with Crippen LogP contribution in [0.25, 0.3) is 107 Å². The molecule has 18 aromatic rings. The second kappa shape index (κ2) is 24.8. The summed E-state index contributed by atoms with van der Waals surface area (Å²) in [7, 11) is 0. The second-order valence-corrected chi connectivity index (χ2v) is 30.5.